The summed E-state index contributed by atoms with van der Waals surface area (Å²) in [6.07, 6.45) is 5.23. The molecule has 0 bridgehead atoms. The number of carbonyl (C=O) groups is 2. The SMILES string of the molecule is CCOc1cc2ncc(C(N)=O)c(Nc3cccc(CNC(=O)[C@@H]4CCCCN4)c3CC)c2cc1OCC. The van der Waals surface area contributed by atoms with E-state index in [0.29, 0.717) is 47.8 Å². The first-order valence-electron chi connectivity index (χ1n) is 13.4. The number of benzene rings is 2. The van der Waals surface area contributed by atoms with E-state index in [1.54, 1.807) is 0 Å². The van der Waals surface area contributed by atoms with E-state index < -0.39 is 5.91 Å². The number of primary amides is 1. The van der Waals surface area contributed by atoms with Crippen LogP contribution in [0.25, 0.3) is 10.9 Å². The molecular formula is C29H37N5O4. The van der Waals surface area contributed by atoms with Gasteiger partial charge in [-0.3, -0.25) is 14.6 Å². The van der Waals surface area contributed by atoms with E-state index in [-0.39, 0.29) is 17.5 Å². The molecule has 1 fully saturated rings. The number of carbonyl (C=O) groups excluding carboxylic acids is 2. The number of fused-ring (bicyclic) bond motifs is 1. The summed E-state index contributed by atoms with van der Waals surface area (Å²) >= 11 is 0. The summed E-state index contributed by atoms with van der Waals surface area (Å²) in [6, 6.07) is 9.41. The maximum Gasteiger partial charge on any atom is 0.252 e. The Balaban J connectivity index is 1.70. The van der Waals surface area contributed by atoms with Crippen molar-refractivity contribution in [2.45, 2.75) is 59.0 Å². The van der Waals surface area contributed by atoms with Gasteiger partial charge in [0.25, 0.3) is 5.91 Å². The van der Waals surface area contributed by atoms with Gasteiger partial charge in [0.2, 0.25) is 5.91 Å². The Bertz CT molecular complexity index is 1300. The Morgan fingerprint density at radius 2 is 1.87 bits per heavy atom. The summed E-state index contributed by atoms with van der Waals surface area (Å²) in [6.45, 7) is 8.11. The summed E-state index contributed by atoms with van der Waals surface area (Å²) in [4.78, 5) is 29.6. The molecule has 1 atom stereocenters. The van der Waals surface area contributed by atoms with Crippen LogP contribution in [0.15, 0.2) is 36.5 Å². The van der Waals surface area contributed by atoms with Crippen molar-refractivity contribution in [2.24, 2.45) is 5.73 Å². The molecule has 0 unspecified atom stereocenters. The number of anilines is 2. The van der Waals surface area contributed by atoms with Gasteiger partial charge in [-0.2, -0.15) is 0 Å². The number of hydrogen-bond acceptors (Lipinski definition) is 7. The third kappa shape index (κ3) is 5.99. The van der Waals surface area contributed by atoms with Crippen molar-refractivity contribution in [1.82, 2.24) is 15.6 Å². The van der Waals surface area contributed by atoms with Gasteiger partial charge in [-0.05, 0) is 62.9 Å². The van der Waals surface area contributed by atoms with Gasteiger partial charge >= 0.3 is 0 Å². The molecule has 0 aliphatic carbocycles. The van der Waals surface area contributed by atoms with Crippen LogP contribution in [0, 0.1) is 0 Å². The molecule has 9 heteroatoms. The van der Waals surface area contributed by atoms with Crippen molar-refractivity contribution in [3.8, 4) is 11.5 Å². The lowest BCUT2D eigenvalue weighted by molar-refractivity contribution is -0.123. The standard InChI is InChI=1S/C29H37N5O4/c1-4-19-18(16-33-29(36)23-11-7-8-13-31-23)10-9-12-22(19)34-27-20-14-25(37-5-2)26(38-6-3)15-24(20)32-17-21(27)28(30)35/h9-10,12,14-15,17,23,31H,4-8,11,13,16H2,1-3H3,(H2,30,35)(H,32,34)(H,33,36)/t23-/m0/s1. The minimum absolute atomic E-state index is 0.0230. The quantitative estimate of drug-likeness (QED) is 0.299. The normalized spacial score (nSPS) is 15.2. The predicted octanol–water partition coefficient (Wildman–Crippen LogP) is 4.20. The lowest BCUT2D eigenvalue weighted by Gasteiger charge is -2.23. The monoisotopic (exact) mass is 519 g/mol. The van der Waals surface area contributed by atoms with Gasteiger partial charge < -0.3 is 31.2 Å². The lowest BCUT2D eigenvalue weighted by atomic mass is 10.0. The van der Waals surface area contributed by atoms with E-state index >= 15 is 0 Å². The van der Waals surface area contributed by atoms with Gasteiger partial charge in [-0.1, -0.05) is 25.5 Å². The number of nitrogens with zero attached hydrogens (tertiary/aromatic N) is 1. The average molecular weight is 520 g/mol. The molecule has 4 rings (SSSR count). The summed E-state index contributed by atoms with van der Waals surface area (Å²) in [7, 11) is 0. The Morgan fingerprint density at radius 1 is 1.11 bits per heavy atom. The van der Waals surface area contributed by atoms with Crippen LogP contribution in [0.2, 0.25) is 0 Å². The van der Waals surface area contributed by atoms with Crippen LogP contribution < -0.4 is 31.2 Å². The van der Waals surface area contributed by atoms with E-state index in [2.05, 4.69) is 27.9 Å². The Hall–Kier alpha value is -3.85. The number of aromatic nitrogens is 1. The second-order valence-corrected chi connectivity index (χ2v) is 9.24. The fourth-order valence-corrected chi connectivity index (χ4v) is 4.91. The van der Waals surface area contributed by atoms with Crippen LogP contribution in [-0.4, -0.2) is 42.6 Å². The fourth-order valence-electron chi connectivity index (χ4n) is 4.91. The zero-order chi connectivity index (χ0) is 27.1. The molecule has 1 aromatic heterocycles. The largest absolute Gasteiger partial charge is 0.490 e. The molecule has 1 saturated heterocycles. The maximum atomic E-state index is 12.7. The van der Waals surface area contributed by atoms with Crippen LogP contribution in [0.1, 0.15) is 61.5 Å². The first-order chi connectivity index (χ1) is 18.5. The molecule has 3 aromatic rings. The van der Waals surface area contributed by atoms with Gasteiger partial charge in [-0.15, -0.1) is 0 Å². The van der Waals surface area contributed by atoms with Crippen LogP contribution in [0.5, 0.6) is 11.5 Å². The van der Waals surface area contributed by atoms with Crippen LogP contribution in [-0.2, 0) is 17.8 Å². The van der Waals surface area contributed by atoms with Crippen LogP contribution in [0.4, 0.5) is 11.4 Å². The molecule has 0 radical (unpaired) electrons. The third-order valence-electron chi connectivity index (χ3n) is 6.76. The number of nitrogens with two attached hydrogens (primary N) is 1. The van der Waals surface area contributed by atoms with E-state index in [4.69, 9.17) is 15.2 Å². The molecule has 0 saturated carbocycles. The number of ether oxygens (including phenoxy) is 2. The second-order valence-electron chi connectivity index (χ2n) is 9.24. The molecule has 2 aromatic carbocycles. The van der Waals surface area contributed by atoms with E-state index in [0.717, 1.165) is 49.0 Å². The molecule has 9 nitrogen and oxygen atoms in total. The smallest absolute Gasteiger partial charge is 0.252 e. The van der Waals surface area contributed by atoms with Gasteiger partial charge in [-0.25, -0.2) is 0 Å². The molecular weight excluding hydrogens is 482 g/mol. The number of amides is 2. The summed E-state index contributed by atoms with van der Waals surface area (Å²) < 4.78 is 11.6. The van der Waals surface area contributed by atoms with Crippen molar-refractivity contribution in [1.29, 1.82) is 0 Å². The Kier molecular flexibility index (Phi) is 9.02. The van der Waals surface area contributed by atoms with E-state index in [1.165, 1.54) is 6.20 Å². The van der Waals surface area contributed by atoms with Crippen molar-refractivity contribution in [2.75, 3.05) is 25.1 Å². The Morgan fingerprint density at radius 3 is 2.53 bits per heavy atom. The zero-order valence-electron chi connectivity index (χ0n) is 22.4. The maximum absolute atomic E-state index is 12.7. The molecule has 2 amide bonds. The van der Waals surface area contributed by atoms with Gasteiger partial charge in [0, 0.05) is 29.9 Å². The van der Waals surface area contributed by atoms with Crippen LogP contribution in [0.3, 0.4) is 0 Å². The fraction of sp³-hybridized carbons (Fsp3) is 0.414. The number of pyridine rings is 1. The highest BCUT2D eigenvalue weighted by Crippen LogP contribution is 2.38. The number of hydrogen-bond donors (Lipinski definition) is 4. The van der Waals surface area contributed by atoms with Gasteiger partial charge in [0.15, 0.2) is 11.5 Å². The van der Waals surface area contributed by atoms with E-state index in [9.17, 15) is 9.59 Å². The summed E-state index contributed by atoms with van der Waals surface area (Å²) in [5.74, 6) is 0.591. The first-order valence-corrected chi connectivity index (χ1v) is 13.4. The molecule has 1 aliphatic heterocycles. The number of piperidine rings is 1. The molecule has 2 heterocycles. The first kappa shape index (κ1) is 27.2. The average Bonchev–Trinajstić information content (AvgIpc) is 2.93. The van der Waals surface area contributed by atoms with Crippen molar-refractivity contribution >= 4 is 34.1 Å². The molecule has 0 spiro atoms. The molecule has 5 N–H and O–H groups in total. The van der Waals surface area contributed by atoms with Gasteiger partial charge in [0.1, 0.15) is 0 Å². The van der Waals surface area contributed by atoms with Crippen molar-refractivity contribution in [3.05, 3.63) is 53.2 Å². The zero-order valence-corrected chi connectivity index (χ0v) is 22.4. The molecule has 202 valence electrons. The highest BCUT2D eigenvalue weighted by Gasteiger charge is 2.21. The van der Waals surface area contributed by atoms with Crippen LogP contribution >= 0.6 is 0 Å². The highest BCUT2D eigenvalue weighted by molar-refractivity contribution is 6.08. The minimum Gasteiger partial charge on any atom is -0.490 e. The van der Waals surface area contributed by atoms with Gasteiger partial charge in [0.05, 0.1) is 36.0 Å². The molecule has 1 aliphatic rings. The summed E-state index contributed by atoms with van der Waals surface area (Å²) in [5, 5.41) is 10.5. The van der Waals surface area contributed by atoms with Crippen molar-refractivity contribution < 1.29 is 19.1 Å². The van der Waals surface area contributed by atoms with Crippen molar-refractivity contribution in [3.63, 3.8) is 0 Å². The topological polar surface area (TPSA) is 128 Å². The highest BCUT2D eigenvalue weighted by atomic mass is 16.5. The number of rotatable bonds is 11. The lowest BCUT2D eigenvalue weighted by Crippen LogP contribution is -2.46. The minimum atomic E-state index is -0.588. The summed E-state index contributed by atoms with van der Waals surface area (Å²) in [5.41, 5.74) is 10.1. The Labute approximate surface area is 223 Å². The molecule has 38 heavy (non-hydrogen) atoms. The number of nitrogens with one attached hydrogen (secondary N) is 3. The third-order valence-corrected chi connectivity index (χ3v) is 6.76. The second kappa shape index (κ2) is 12.6. The van der Waals surface area contributed by atoms with E-state index in [1.807, 2.05) is 44.2 Å². The predicted molar refractivity (Wildman–Crippen MR) is 149 cm³/mol.